The summed E-state index contributed by atoms with van der Waals surface area (Å²) in [6, 6.07) is 7.75. The smallest absolute Gasteiger partial charge is 0.339 e. The van der Waals surface area contributed by atoms with E-state index < -0.39 is 15.8 Å². The van der Waals surface area contributed by atoms with Crippen molar-refractivity contribution in [1.29, 1.82) is 0 Å². The average molecular weight is 282 g/mol. The van der Waals surface area contributed by atoms with Gasteiger partial charge in [0, 0.05) is 11.5 Å². The predicted octanol–water partition coefficient (Wildman–Crippen LogP) is 2.02. The van der Waals surface area contributed by atoms with E-state index in [4.69, 9.17) is 4.74 Å². The molecule has 0 radical (unpaired) electrons. The summed E-state index contributed by atoms with van der Waals surface area (Å²) in [5.74, 6) is -1.03. The van der Waals surface area contributed by atoms with Gasteiger partial charge in [0.15, 0.2) is 9.84 Å². The van der Waals surface area contributed by atoms with Crippen molar-refractivity contribution >= 4 is 15.8 Å². The van der Waals surface area contributed by atoms with Gasteiger partial charge in [0.1, 0.15) is 0 Å². The molecule has 6 heteroatoms. The largest absolute Gasteiger partial charge is 0.466 e. The monoisotopic (exact) mass is 282 g/mol. The first kappa shape index (κ1) is 15.0. The molecule has 1 aromatic carbocycles. The van der Waals surface area contributed by atoms with Crippen LogP contribution in [-0.2, 0) is 24.1 Å². The summed E-state index contributed by atoms with van der Waals surface area (Å²) < 4.78 is 33.0. The summed E-state index contributed by atoms with van der Waals surface area (Å²) in [7, 11) is -3.66. The highest BCUT2D eigenvalue weighted by Crippen LogP contribution is 2.11. The number of sulfone groups is 1. The molecule has 0 unspecified atom stereocenters. The minimum Gasteiger partial charge on any atom is -0.466 e. The molecule has 0 aliphatic rings. The maximum atomic E-state index is 11.8. The van der Waals surface area contributed by atoms with Crippen LogP contribution >= 0.6 is 0 Å². The number of rotatable bonds is 6. The van der Waals surface area contributed by atoms with E-state index in [1.165, 1.54) is 12.1 Å². The number of hydrogen-bond donors (Lipinski definition) is 0. The van der Waals surface area contributed by atoms with Gasteiger partial charge in [-0.25, -0.2) is 13.2 Å². The minimum atomic E-state index is -3.66. The van der Waals surface area contributed by atoms with E-state index in [0.29, 0.717) is 6.61 Å². The molecule has 0 N–H and O–H groups in total. The Hall–Kier alpha value is -2.08. The van der Waals surface area contributed by atoms with Gasteiger partial charge in [-0.2, -0.15) is 0 Å². The Balaban J connectivity index is 2.71. The van der Waals surface area contributed by atoms with Crippen LogP contribution in [0.2, 0.25) is 0 Å². The van der Waals surface area contributed by atoms with Crippen molar-refractivity contribution in [3.05, 3.63) is 54.3 Å². The Morgan fingerprint density at radius 3 is 2.53 bits per heavy atom. The molecule has 1 rings (SSSR count). The molecule has 0 fully saturated rings. The first-order valence-electron chi connectivity index (χ1n) is 5.47. The Kier molecular flexibility index (Phi) is 5.32. The fourth-order valence-electron chi connectivity index (χ4n) is 1.17. The van der Waals surface area contributed by atoms with Crippen LogP contribution in [0.25, 0.3) is 0 Å². The Bertz CT molecular complexity index is 572. The quantitative estimate of drug-likeness (QED) is 0.453. The Morgan fingerprint density at radius 2 is 1.95 bits per heavy atom. The summed E-state index contributed by atoms with van der Waals surface area (Å²) in [6.45, 7) is 5.35. The zero-order valence-corrected chi connectivity index (χ0v) is 11.2. The second-order valence-electron chi connectivity index (χ2n) is 3.39. The van der Waals surface area contributed by atoms with E-state index in [1.54, 1.807) is 25.1 Å². The molecular weight excluding hydrogens is 268 g/mol. The molecule has 0 spiro atoms. The molecule has 0 aromatic heterocycles. The molecule has 0 aliphatic heterocycles. The summed E-state index contributed by atoms with van der Waals surface area (Å²) in [5.41, 5.74) is 0. The van der Waals surface area contributed by atoms with Crippen molar-refractivity contribution in [3.63, 3.8) is 0 Å². The van der Waals surface area contributed by atoms with E-state index >= 15 is 0 Å². The first-order valence-corrected chi connectivity index (χ1v) is 7.02. The number of benzene rings is 1. The molecule has 1 aromatic rings. The lowest BCUT2D eigenvalue weighted by Gasteiger charge is -2.04. The van der Waals surface area contributed by atoms with Crippen LogP contribution in [0.4, 0.5) is 0 Å². The van der Waals surface area contributed by atoms with Gasteiger partial charge in [0.2, 0.25) is 0 Å². The lowest BCUT2D eigenvalue weighted by atomic mass is 10.4. The zero-order valence-electron chi connectivity index (χ0n) is 10.4. The van der Waals surface area contributed by atoms with Crippen LogP contribution in [0.1, 0.15) is 6.92 Å². The van der Waals surface area contributed by atoms with Crippen molar-refractivity contribution in [2.45, 2.75) is 11.8 Å². The lowest BCUT2D eigenvalue weighted by molar-refractivity contribution is -0.138. The van der Waals surface area contributed by atoms with Crippen molar-refractivity contribution in [2.24, 2.45) is 0 Å². The number of esters is 1. The number of carbonyl (C=O) groups is 1. The van der Waals surface area contributed by atoms with E-state index in [-0.39, 0.29) is 10.8 Å². The van der Waals surface area contributed by atoms with Gasteiger partial charge in [-0.05, 0) is 25.6 Å². The standard InChI is InChI=1S/C13H14O5S/c1-3-17-11(2)18-13(14)9-10-19(15,16)12-7-5-4-6-8-12/h4-10H,2-3H2,1H3/b10-9-. The van der Waals surface area contributed by atoms with Gasteiger partial charge in [-0.3, -0.25) is 0 Å². The highest BCUT2D eigenvalue weighted by Gasteiger charge is 2.10. The Morgan fingerprint density at radius 1 is 1.32 bits per heavy atom. The molecule has 0 saturated carbocycles. The van der Waals surface area contributed by atoms with Crippen molar-refractivity contribution in [3.8, 4) is 0 Å². The van der Waals surface area contributed by atoms with E-state index in [9.17, 15) is 13.2 Å². The van der Waals surface area contributed by atoms with E-state index in [2.05, 4.69) is 11.3 Å². The summed E-state index contributed by atoms with van der Waals surface area (Å²) in [5, 5.41) is 0.782. The minimum absolute atomic E-state index is 0.0997. The van der Waals surface area contributed by atoms with Crippen LogP contribution in [0, 0.1) is 0 Å². The van der Waals surface area contributed by atoms with Gasteiger partial charge in [-0.15, -0.1) is 0 Å². The fraction of sp³-hybridized carbons (Fsp3) is 0.154. The zero-order chi connectivity index (χ0) is 14.3. The van der Waals surface area contributed by atoms with Gasteiger partial charge in [-0.1, -0.05) is 18.2 Å². The third-order valence-corrected chi connectivity index (χ3v) is 3.40. The molecule has 0 aliphatic carbocycles. The number of ether oxygens (including phenoxy) is 2. The second kappa shape index (κ2) is 6.75. The van der Waals surface area contributed by atoms with Crippen LogP contribution < -0.4 is 0 Å². The summed E-state index contributed by atoms with van der Waals surface area (Å²) in [4.78, 5) is 11.4. The van der Waals surface area contributed by atoms with Crippen molar-refractivity contribution < 1.29 is 22.7 Å². The van der Waals surface area contributed by atoms with Gasteiger partial charge in [0.25, 0.3) is 5.95 Å². The molecule has 0 bridgehead atoms. The van der Waals surface area contributed by atoms with Crippen LogP contribution in [0.3, 0.4) is 0 Å². The van der Waals surface area contributed by atoms with E-state index in [0.717, 1.165) is 11.5 Å². The van der Waals surface area contributed by atoms with Crippen LogP contribution in [-0.4, -0.2) is 21.0 Å². The molecule has 0 amide bonds. The predicted molar refractivity (Wildman–Crippen MR) is 69.6 cm³/mol. The molecule has 5 nitrogen and oxygen atoms in total. The number of carbonyl (C=O) groups excluding carboxylic acids is 1. The topological polar surface area (TPSA) is 69.7 Å². The van der Waals surface area contributed by atoms with Gasteiger partial charge in [0.05, 0.1) is 11.5 Å². The lowest BCUT2D eigenvalue weighted by Crippen LogP contribution is -2.04. The average Bonchev–Trinajstić information content (AvgIpc) is 2.38. The van der Waals surface area contributed by atoms with Gasteiger partial charge < -0.3 is 9.47 Å². The molecule has 102 valence electrons. The van der Waals surface area contributed by atoms with Crippen LogP contribution in [0.15, 0.2) is 59.2 Å². The second-order valence-corrected chi connectivity index (χ2v) is 5.22. The molecule has 0 atom stereocenters. The molecular formula is C13H14O5S. The van der Waals surface area contributed by atoms with Crippen molar-refractivity contribution in [1.82, 2.24) is 0 Å². The van der Waals surface area contributed by atoms with Crippen molar-refractivity contribution in [2.75, 3.05) is 6.61 Å². The van der Waals surface area contributed by atoms with Crippen LogP contribution in [0.5, 0.6) is 0 Å². The molecule has 19 heavy (non-hydrogen) atoms. The molecule has 0 saturated heterocycles. The summed E-state index contributed by atoms with van der Waals surface area (Å²) >= 11 is 0. The summed E-state index contributed by atoms with van der Waals surface area (Å²) in [6.07, 6.45) is 0.812. The molecule has 0 heterocycles. The fourth-order valence-corrected chi connectivity index (χ4v) is 2.15. The SMILES string of the molecule is C=C(OCC)OC(=O)/C=C\S(=O)(=O)c1ccccc1. The third kappa shape index (κ3) is 4.97. The maximum Gasteiger partial charge on any atom is 0.339 e. The Labute approximate surface area is 112 Å². The highest BCUT2D eigenvalue weighted by atomic mass is 32.2. The van der Waals surface area contributed by atoms with Gasteiger partial charge >= 0.3 is 5.97 Å². The number of hydrogen-bond acceptors (Lipinski definition) is 5. The highest BCUT2D eigenvalue weighted by molar-refractivity contribution is 7.94. The normalized spacial score (nSPS) is 11.2. The first-order chi connectivity index (χ1) is 8.95. The van der Waals surface area contributed by atoms with E-state index in [1.807, 2.05) is 0 Å². The maximum absolute atomic E-state index is 11.8. The third-order valence-electron chi connectivity index (χ3n) is 1.97.